The number of hydrogen-bond acceptors (Lipinski definition) is 4. The molecule has 0 saturated carbocycles. The average Bonchev–Trinajstić information content (AvgIpc) is 3.17. The summed E-state index contributed by atoms with van der Waals surface area (Å²) in [4.78, 5) is 17.4. The first-order valence-corrected chi connectivity index (χ1v) is 8.39. The highest BCUT2D eigenvalue weighted by Gasteiger charge is 2.17. The van der Waals surface area contributed by atoms with E-state index in [0.29, 0.717) is 22.0 Å². The fraction of sp³-hybridized carbons (Fsp3) is 0.125. The van der Waals surface area contributed by atoms with E-state index in [-0.39, 0.29) is 18.3 Å². The number of rotatable bonds is 4. The van der Waals surface area contributed by atoms with Gasteiger partial charge in [-0.05, 0) is 42.8 Å². The molecule has 3 aromatic rings. The number of thiazole rings is 1. The van der Waals surface area contributed by atoms with Gasteiger partial charge in [-0.25, -0.2) is 9.37 Å². The topological polar surface area (TPSA) is 55.1 Å². The maximum atomic E-state index is 13.3. The molecular weight excluding hydrogens is 383 g/mol. The molecule has 0 spiro atoms. The number of carbonyl (C=O) groups excluding carboxylic acids is 1. The van der Waals surface area contributed by atoms with E-state index < -0.39 is 0 Å². The fourth-order valence-electron chi connectivity index (χ4n) is 2.05. The van der Waals surface area contributed by atoms with Crippen LogP contribution in [0.3, 0.4) is 0 Å². The Morgan fingerprint density at radius 2 is 2.26 bits per heavy atom. The Hall–Kier alpha value is -1.99. The molecule has 1 N–H and O–H groups in total. The average molecular weight is 395 g/mol. The molecule has 23 heavy (non-hydrogen) atoms. The third-order valence-electron chi connectivity index (χ3n) is 3.19. The molecule has 3 rings (SSSR count). The quantitative estimate of drug-likeness (QED) is 0.706. The molecule has 2 heterocycles. The SMILES string of the molecule is Cc1sc(-c2ccco2)nc1C(=O)NCc1cc(F)ccc1Br. The standard InChI is InChI=1S/C16H12BrFN2O2S/c1-9-14(20-16(23-9)13-3-2-6-22-13)15(21)19-8-10-7-11(18)4-5-12(10)17/h2-7H,8H2,1H3,(H,19,21). The number of benzene rings is 1. The van der Waals surface area contributed by atoms with Crippen LogP contribution in [0.25, 0.3) is 10.8 Å². The molecule has 2 aromatic heterocycles. The first kappa shape index (κ1) is 15.9. The van der Waals surface area contributed by atoms with Gasteiger partial charge in [-0.2, -0.15) is 0 Å². The van der Waals surface area contributed by atoms with E-state index in [1.165, 1.54) is 23.5 Å². The fourth-order valence-corrected chi connectivity index (χ4v) is 3.32. The minimum atomic E-state index is -0.345. The number of furan rings is 1. The highest BCUT2D eigenvalue weighted by Crippen LogP contribution is 2.28. The van der Waals surface area contributed by atoms with Gasteiger partial charge in [-0.15, -0.1) is 11.3 Å². The summed E-state index contributed by atoms with van der Waals surface area (Å²) in [6.45, 7) is 2.04. The maximum Gasteiger partial charge on any atom is 0.271 e. The lowest BCUT2D eigenvalue weighted by atomic mass is 10.2. The van der Waals surface area contributed by atoms with Crippen molar-refractivity contribution in [2.24, 2.45) is 0 Å². The van der Waals surface area contributed by atoms with Crippen molar-refractivity contribution in [1.29, 1.82) is 0 Å². The van der Waals surface area contributed by atoms with E-state index in [4.69, 9.17) is 4.42 Å². The number of nitrogens with zero attached hydrogens (tertiary/aromatic N) is 1. The third kappa shape index (κ3) is 3.51. The molecule has 1 amide bonds. The van der Waals surface area contributed by atoms with Crippen molar-refractivity contribution < 1.29 is 13.6 Å². The zero-order chi connectivity index (χ0) is 16.4. The van der Waals surface area contributed by atoms with E-state index >= 15 is 0 Å². The monoisotopic (exact) mass is 394 g/mol. The number of nitrogens with one attached hydrogen (secondary N) is 1. The Bertz CT molecular complexity index is 846. The first-order valence-electron chi connectivity index (χ1n) is 6.78. The van der Waals surface area contributed by atoms with Crippen LogP contribution < -0.4 is 5.32 Å². The number of aryl methyl sites for hydroxylation is 1. The minimum absolute atomic E-state index is 0.213. The van der Waals surface area contributed by atoms with Gasteiger partial charge < -0.3 is 9.73 Å². The summed E-state index contributed by atoms with van der Waals surface area (Å²) >= 11 is 4.73. The van der Waals surface area contributed by atoms with Gasteiger partial charge in [0.05, 0.1) is 6.26 Å². The van der Waals surface area contributed by atoms with Crippen LogP contribution in [0, 0.1) is 12.7 Å². The Morgan fingerprint density at radius 3 is 3.00 bits per heavy atom. The number of aromatic nitrogens is 1. The molecule has 0 aliphatic carbocycles. The second-order valence-corrected chi connectivity index (χ2v) is 6.88. The number of carbonyl (C=O) groups is 1. The van der Waals surface area contributed by atoms with Crippen molar-refractivity contribution in [3.63, 3.8) is 0 Å². The van der Waals surface area contributed by atoms with Crippen LogP contribution in [0.2, 0.25) is 0 Å². The molecule has 0 fully saturated rings. The summed E-state index contributed by atoms with van der Waals surface area (Å²) in [5.74, 6) is -0.0138. The minimum Gasteiger partial charge on any atom is -0.462 e. The molecular formula is C16H12BrFN2O2S. The largest absolute Gasteiger partial charge is 0.462 e. The van der Waals surface area contributed by atoms with Crippen molar-refractivity contribution in [3.05, 3.63) is 63.0 Å². The molecule has 0 atom stereocenters. The third-order valence-corrected chi connectivity index (χ3v) is 4.95. The second-order valence-electron chi connectivity index (χ2n) is 4.82. The molecule has 7 heteroatoms. The summed E-state index contributed by atoms with van der Waals surface area (Å²) in [6.07, 6.45) is 1.56. The zero-order valence-electron chi connectivity index (χ0n) is 12.1. The van der Waals surface area contributed by atoms with Gasteiger partial charge in [0.15, 0.2) is 10.8 Å². The molecule has 0 aliphatic rings. The van der Waals surface area contributed by atoms with Crippen molar-refractivity contribution >= 4 is 33.2 Å². The highest BCUT2D eigenvalue weighted by molar-refractivity contribution is 9.10. The molecule has 0 saturated heterocycles. The van der Waals surface area contributed by atoms with Crippen LogP contribution in [0.4, 0.5) is 4.39 Å². The highest BCUT2D eigenvalue weighted by atomic mass is 79.9. The van der Waals surface area contributed by atoms with Crippen molar-refractivity contribution in [2.75, 3.05) is 0 Å². The van der Waals surface area contributed by atoms with E-state index in [2.05, 4.69) is 26.2 Å². The summed E-state index contributed by atoms with van der Waals surface area (Å²) in [5.41, 5.74) is 1.02. The zero-order valence-corrected chi connectivity index (χ0v) is 14.5. The first-order chi connectivity index (χ1) is 11.0. The van der Waals surface area contributed by atoms with E-state index in [9.17, 15) is 9.18 Å². The number of amides is 1. The van der Waals surface area contributed by atoms with Gasteiger partial charge in [0.2, 0.25) is 0 Å². The van der Waals surface area contributed by atoms with Gasteiger partial charge in [0.25, 0.3) is 5.91 Å². The predicted molar refractivity (Wildman–Crippen MR) is 89.8 cm³/mol. The lowest BCUT2D eigenvalue weighted by Gasteiger charge is -2.06. The number of hydrogen-bond donors (Lipinski definition) is 1. The molecule has 0 radical (unpaired) electrons. The van der Waals surface area contributed by atoms with Crippen molar-refractivity contribution in [1.82, 2.24) is 10.3 Å². The van der Waals surface area contributed by atoms with Crippen LogP contribution in [-0.2, 0) is 6.54 Å². The lowest BCUT2D eigenvalue weighted by Crippen LogP contribution is -2.24. The summed E-state index contributed by atoms with van der Waals surface area (Å²) < 4.78 is 19.3. The van der Waals surface area contributed by atoms with E-state index in [1.54, 1.807) is 24.5 Å². The normalized spacial score (nSPS) is 10.7. The Kier molecular flexibility index (Phi) is 4.58. The molecule has 118 valence electrons. The smallest absolute Gasteiger partial charge is 0.271 e. The summed E-state index contributed by atoms with van der Waals surface area (Å²) in [6, 6.07) is 7.92. The molecule has 0 unspecified atom stereocenters. The Morgan fingerprint density at radius 1 is 1.43 bits per heavy atom. The molecule has 4 nitrogen and oxygen atoms in total. The number of halogens is 2. The predicted octanol–water partition coefficient (Wildman–Crippen LogP) is 4.54. The Balaban J connectivity index is 1.75. The van der Waals surface area contributed by atoms with Crippen molar-refractivity contribution in [2.45, 2.75) is 13.5 Å². The van der Waals surface area contributed by atoms with E-state index in [0.717, 1.165) is 9.35 Å². The van der Waals surface area contributed by atoms with Crippen LogP contribution >= 0.6 is 27.3 Å². The molecule has 0 aliphatic heterocycles. The Labute approximate surface area is 144 Å². The lowest BCUT2D eigenvalue weighted by molar-refractivity contribution is 0.0946. The van der Waals surface area contributed by atoms with Crippen LogP contribution in [0.1, 0.15) is 20.9 Å². The van der Waals surface area contributed by atoms with Gasteiger partial charge in [0, 0.05) is 15.9 Å². The van der Waals surface area contributed by atoms with Crippen LogP contribution in [0.15, 0.2) is 45.5 Å². The summed E-state index contributed by atoms with van der Waals surface area (Å²) in [5, 5.41) is 3.42. The van der Waals surface area contributed by atoms with Gasteiger partial charge >= 0.3 is 0 Å². The van der Waals surface area contributed by atoms with E-state index in [1.807, 2.05) is 6.92 Å². The maximum absolute atomic E-state index is 13.3. The van der Waals surface area contributed by atoms with Crippen LogP contribution in [0.5, 0.6) is 0 Å². The second kappa shape index (κ2) is 6.64. The summed E-state index contributed by atoms with van der Waals surface area (Å²) in [7, 11) is 0. The molecule has 1 aromatic carbocycles. The van der Waals surface area contributed by atoms with Gasteiger partial charge in [0.1, 0.15) is 11.5 Å². The van der Waals surface area contributed by atoms with Crippen LogP contribution in [-0.4, -0.2) is 10.9 Å². The van der Waals surface area contributed by atoms with Gasteiger partial charge in [-0.1, -0.05) is 15.9 Å². The van der Waals surface area contributed by atoms with Crippen molar-refractivity contribution in [3.8, 4) is 10.8 Å². The molecule has 0 bridgehead atoms. The van der Waals surface area contributed by atoms with Gasteiger partial charge in [-0.3, -0.25) is 4.79 Å².